The van der Waals surface area contributed by atoms with Crippen LogP contribution in [-0.2, 0) is 0 Å². The highest BCUT2D eigenvalue weighted by molar-refractivity contribution is 7.07. The highest BCUT2D eigenvalue weighted by Gasteiger charge is 2.22. The maximum Gasteiger partial charge on any atom is 0.0354 e. The maximum atomic E-state index is 3.53. The summed E-state index contributed by atoms with van der Waals surface area (Å²) >= 11 is 1.82. The molecule has 1 aromatic heterocycles. The fourth-order valence-corrected chi connectivity index (χ4v) is 3.64. The molecule has 1 aromatic rings. The predicted molar refractivity (Wildman–Crippen MR) is 71.9 cm³/mol. The van der Waals surface area contributed by atoms with Gasteiger partial charge >= 0.3 is 0 Å². The first-order valence-corrected chi connectivity index (χ1v) is 7.55. The molecule has 2 heteroatoms. The Morgan fingerprint density at radius 1 is 1.19 bits per heavy atom. The Balaban J connectivity index is 2.01. The molecule has 0 saturated heterocycles. The van der Waals surface area contributed by atoms with Crippen molar-refractivity contribution in [3.05, 3.63) is 22.4 Å². The van der Waals surface area contributed by atoms with Crippen LogP contribution in [0.25, 0.3) is 0 Å². The third kappa shape index (κ3) is 3.08. The van der Waals surface area contributed by atoms with E-state index in [2.05, 4.69) is 29.2 Å². The van der Waals surface area contributed by atoms with E-state index in [1.165, 1.54) is 50.5 Å². The lowest BCUT2D eigenvalue weighted by atomic mass is 9.83. The van der Waals surface area contributed by atoms with E-state index < -0.39 is 0 Å². The second-order valence-electron chi connectivity index (χ2n) is 4.93. The molecule has 1 atom stereocenters. The van der Waals surface area contributed by atoms with E-state index in [9.17, 15) is 0 Å². The lowest BCUT2D eigenvalue weighted by Crippen LogP contribution is -2.25. The Bertz CT molecular complexity index is 273. The fourth-order valence-electron chi connectivity index (χ4n) is 2.95. The van der Waals surface area contributed by atoms with Gasteiger partial charge in [0, 0.05) is 6.04 Å². The van der Waals surface area contributed by atoms with Crippen LogP contribution in [0.1, 0.15) is 56.6 Å². The molecule has 2 rings (SSSR count). The van der Waals surface area contributed by atoms with Crippen molar-refractivity contribution in [2.24, 2.45) is 5.92 Å². The molecule has 16 heavy (non-hydrogen) atoms. The first-order valence-electron chi connectivity index (χ1n) is 6.61. The average Bonchev–Trinajstić information content (AvgIpc) is 2.75. The van der Waals surface area contributed by atoms with E-state index in [-0.39, 0.29) is 0 Å². The van der Waals surface area contributed by atoms with Gasteiger partial charge in [-0.3, -0.25) is 0 Å². The summed E-state index contributed by atoms with van der Waals surface area (Å²) in [6.45, 7) is 0. The first-order chi connectivity index (χ1) is 7.92. The van der Waals surface area contributed by atoms with Crippen LogP contribution in [0.2, 0.25) is 0 Å². The lowest BCUT2D eigenvalue weighted by Gasteiger charge is -2.28. The van der Waals surface area contributed by atoms with Crippen LogP contribution < -0.4 is 5.32 Å². The van der Waals surface area contributed by atoms with Gasteiger partial charge in [-0.2, -0.15) is 11.3 Å². The summed E-state index contributed by atoms with van der Waals surface area (Å²) in [5.41, 5.74) is 1.50. The second kappa shape index (κ2) is 6.41. The van der Waals surface area contributed by atoms with Gasteiger partial charge in [-0.1, -0.05) is 32.1 Å². The average molecular weight is 237 g/mol. The largest absolute Gasteiger partial charge is 0.313 e. The Morgan fingerprint density at radius 3 is 2.44 bits per heavy atom. The van der Waals surface area contributed by atoms with Gasteiger partial charge in [0.2, 0.25) is 0 Å². The molecule has 0 spiro atoms. The van der Waals surface area contributed by atoms with E-state index in [1.54, 1.807) is 0 Å². The highest BCUT2D eigenvalue weighted by atomic mass is 32.1. The van der Waals surface area contributed by atoms with Gasteiger partial charge < -0.3 is 5.32 Å². The van der Waals surface area contributed by atoms with Crippen molar-refractivity contribution < 1.29 is 0 Å². The van der Waals surface area contributed by atoms with Gasteiger partial charge in [-0.05, 0) is 48.2 Å². The smallest absolute Gasteiger partial charge is 0.0354 e. The van der Waals surface area contributed by atoms with Crippen molar-refractivity contribution in [2.75, 3.05) is 7.05 Å². The zero-order chi connectivity index (χ0) is 11.2. The molecule has 1 aliphatic rings. The quantitative estimate of drug-likeness (QED) is 0.823. The summed E-state index contributed by atoms with van der Waals surface area (Å²) in [6, 6.07) is 2.87. The third-order valence-corrected chi connectivity index (χ3v) is 4.54. The summed E-state index contributed by atoms with van der Waals surface area (Å²) < 4.78 is 0. The molecular weight excluding hydrogens is 214 g/mol. The first kappa shape index (κ1) is 12.1. The molecule has 0 aromatic carbocycles. The summed E-state index contributed by atoms with van der Waals surface area (Å²) in [7, 11) is 2.11. The van der Waals surface area contributed by atoms with Crippen molar-refractivity contribution in [3.63, 3.8) is 0 Å². The van der Waals surface area contributed by atoms with Crippen LogP contribution >= 0.6 is 11.3 Å². The molecule has 0 radical (unpaired) electrons. The lowest BCUT2D eigenvalue weighted by molar-refractivity contribution is 0.300. The zero-order valence-corrected chi connectivity index (χ0v) is 11.1. The van der Waals surface area contributed by atoms with Gasteiger partial charge in [-0.25, -0.2) is 0 Å². The molecule has 1 fully saturated rings. The Labute approximate surface area is 103 Å². The predicted octanol–water partition coefficient (Wildman–Crippen LogP) is 4.37. The molecule has 1 saturated carbocycles. The van der Waals surface area contributed by atoms with Crippen LogP contribution in [0, 0.1) is 5.92 Å². The maximum absolute atomic E-state index is 3.53. The topological polar surface area (TPSA) is 12.0 Å². The monoisotopic (exact) mass is 237 g/mol. The Morgan fingerprint density at radius 2 is 1.88 bits per heavy atom. The van der Waals surface area contributed by atoms with Gasteiger partial charge in [0.1, 0.15) is 0 Å². The van der Waals surface area contributed by atoms with Crippen LogP contribution in [0.15, 0.2) is 16.8 Å². The summed E-state index contributed by atoms with van der Waals surface area (Å²) in [5, 5.41) is 8.03. The van der Waals surface area contributed by atoms with Crippen molar-refractivity contribution in [1.29, 1.82) is 0 Å². The van der Waals surface area contributed by atoms with Gasteiger partial charge in [0.25, 0.3) is 0 Å². The van der Waals surface area contributed by atoms with Crippen LogP contribution in [0.5, 0.6) is 0 Å². The Kier molecular flexibility index (Phi) is 4.86. The Hall–Kier alpha value is -0.340. The number of hydrogen-bond donors (Lipinski definition) is 1. The molecule has 1 aliphatic carbocycles. The molecule has 1 N–H and O–H groups in total. The number of hydrogen-bond acceptors (Lipinski definition) is 2. The second-order valence-corrected chi connectivity index (χ2v) is 5.71. The van der Waals surface area contributed by atoms with E-state index in [0.717, 1.165) is 5.92 Å². The van der Waals surface area contributed by atoms with Crippen molar-refractivity contribution >= 4 is 11.3 Å². The van der Waals surface area contributed by atoms with Crippen LogP contribution in [-0.4, -0.2) is 7.05 Å². The molecule has 1 unspecified atom stereocenters. The standard InChI is InChI=1S/C14H23NS/c1-15-14(13-9-10-16-11-13)12-7-5-3-2-4-6-8-12/h9-12,14-15H,2-8H2,1H3. The molecule has 1 nitrogen and oxygen atoms in total. The van der Waals surface area contributed by atoms with Gasteiger partial charge in [0.05, 0.1) is 0 Å². The minimum Gasteiger partial charge on any atom is -0.313 e. The number of nitrogens with one attached hydrogen (secondary N) is 1. The van der Waals surface area contributed by atoms with Crippen LogP contribution in [0.4, 0.5) is 0 Å². The fraction of sp³-hybridized carbons (Fsp3) is 0.714. The number of thiophene rings is 1. The summed E-state index contributed by atoms with van der Waals surface area (Å²) in [4.78, 5) is 0. The van der Waals surface area contributed by atoms with Crippen molar-refractivity contribution in [3.8, 4) is 0 Å². The molecular formula is C14H23NS. The zero-order valence-electron chi connectivity index (χ0n) is 10.2. The van der Waals surface area contributed by atoms with Crippen molar-refractivity contribution in [1.82, 2.24) is 5.32 Å². The SMILES string of the molecule is CNC(c1ccsc1)C1CCCCCCC1. The minimum atomic E-state index is 0.587. The summed E-state index contributed by atoms with van der Waals surface area (Å²) in [5.74, 6) is 0.847. The van der Waals surface area contributed by atoms with Crippen molar-refractivity contribution in [2.45, 2.75) is 51.0 Å². The van der Waals surface area contributed by atoms with E-state index >= 15 is 0 Å². The van der Waals surface area contributed by atoms with E-state index in [0.29, 0.717) is 6.04 Å². The number of rotatable bonds is 3. The molecule has 0 bridgehead atoms. The van der Waals surface area contributed by atoms with Gasteiger partial charge in [-0.15, -0.1) is 0 Å². The van der Waals surface area contributed by atoms with E-state index in [1.807, 2.05) is 11.3 Å². The minimum absolute atomic E-state index is 0.587. The third-order valence-electron chi connectivity index (χ3n) is 3.83. The highest BCUT2D eigenvalue weighted by Crippen LogP contribution is 2.33. The van der Waals surface area contributed by atoms with Gasteiger partial charge in [0.15, 0.2) is 0 Å². The molecule has 0 aliphatic heterocycles. The van der Waals surface area contributed by atoms with Crippen LogP contribution in [0.3, 0.4) is 0 Å². The molecule has 0 amide bonds. The molecule has 90 valence electrons. The van der Waals surface area contributed by atoms with E-state index in [4.69, 9.17) is 0 Å². The normalized spacial score (nSPS) is 21.3. The molecule has 1 heterocycles. The summed E-state index contributed by atoms with van der Waals surface area (Å²) in [6.07, 6.45) is 9.99.